The first-order chi connectivity index (χ1) is 6.00. The monoisotopic (exact) mass is 280 g/mol. The van der Waals surface area contributed by atoms with Gasteiger partial charge in [-0.1, -0.05) is 86.0 Å². The van der Waals surface area contributed by atoms with Gasteiger partial charge in [0.05, 0.1) is 0 Å². The smallest absolute Gasteiger partial charge is 0.0411 e. The fourth-order valence-electron chi connectivity index (χ4n) is 0. The lowest BCUT2D eigenvalue weighted by Gasteiger charge is -2.01. The van der Waals surface area contributed by atoms with Crippen molar-refractivity contribution >= 4 is 24.2 Å². The van der Waals surface area contributed by atoms with Gasteiger partial charge >= 0.3 is 0 Å². The van der Waals surface area contributed by atoms with E-state index in [1.807, 2.05) is 0 Å². The van der Waals surface area contributed by atoms with E-state index in [4.69, 9.17) is 0 Å². The molecule has 0 heterocycles. The molecule has 16 heavy (non-hydrogen) atoms. The summed E-state index contributed by atoms with van der Waals surface area (Å²) in [6.07, 6.45) is 0. The summed E-state index contributed by atoms with van der Waals surface area (Å²) in [4.78, 5) is 0. The summed E-state index contributed by atoms with van der Waals surface area (Å²) < 4.78 is 0. The molecule has 0 nitrogen and oxygen atoms in total. The van der Waals surface area contributed by atoms with Gasteiger partial charge in [0.2, 0.25) is 0 Å². The molecule has 0 aromatic heterocycles. The Morgan fingerprint density at radius 2 is 0.312 bits per heavy atom. The second kappa shape index (κ2) is 9.66. The molecule has 0 aliphatic heterocycles. The predicted molar refractivity (Wildman–Crippen MR) is 94.4 cm³/mol. The van der Waals surface area contributed by atoms with Crippen LogP contribution in [0, 0.1) is 0 Å². The first-order valence-corrected chi connectivity index (χ1v) is 18.0. The third-order valence-electron chi connectivity index (χ3n) is 0. The molecule has 0 saturated heterocycles. The Bertz CT molecular complexity index is 86.2. The molecule has 0 aliphatic rings. The van der Waals surface area contributed by atoms with Gasteiger partial charge in [0.25, 0.3) is 0 Å². The SMILES string of the molecule is C.C[Si](C)(C)C.C[Si](C)(C)C.C[Si](C)(C)C. The van der Waals surface area contributed by atoms with Crippen molar-refractivity contribution in [2.24, 2.45) is 0 Å². The van der Waals surface area contributed by atoms with Crippen LogP contribution in [0.3, 0.4) is 0 Å². The number of hydrogen-bond acceptors (Lipinski definition) is 0. The molecule has 0 atom stereocenters. The van der Waals surface area contributed by atoms with Crippen LogP contribution in [0.5, 0.6) is 0 Å². The van der Waals surface area contributed by atoms with Crippen molar-refractivity contribution < 1.29 is 0 Å². The fraction of sp³-hybridized carbons (Fsp3) is 1.00. The van der Waals surface area contributed by atoms with Gasteiger partial charge in [-0.3, -0.25) is 0 Å². The van der Waals surface area contributed by atoms with Crippen molar-refractivity contribution in [3.05, 3.63) is 0 Å². The van der Waals surface area contributed by atoms with Crippen LogP contribution >= 0.6 is 0 Å². The molecule has 0 N–H and O–H groups in total. The lowest BCUT2D eigenvalue weighted by molar-refractivity contribution is 1.71. The Morgan fingerprint density at radius 3 is 0.312 bits per heavy atom. The molecule has 0 radical (unpaired) electrons. The van der Waals surface area contributed by atoms with Gasteiger partial charge < -0.3 is 0 Å². The van der Waals surface area contributed by atoms with Crippen molar-refractivity contribution in [3.63, 3.8) is 0 Å². The summed E-state index contributed by atoms with van der Waals surface area (Å²) in [5.74, 6) is 0. The Balaban J connectivity index is -0.0000000655. The Hall–Kier alpha value is 0.651. The van der Waals surface area contributed by atoms with Gasteiger partial charge in [-0.2, -0.15) is 0 Å². The minimum Gasteiger partial charge on any atom is -0.0776 e. The van der Waals surface area contributed by atoms with E-state index in [1.165, 1.54) is 0 Å². The summed E-state index contributed by atoms with van der Waals surface area (Å²) >= 11 is 0. The molecule has 0 spiro atoms. The molecule has 0 amide bonds. The predicted octanol–water partition coefficient (Wildman–Crippen LogP) is 6.50. The van der Waals surface area contributed by atoms with E-state index in [-0.39, 0.29) is 7.43 Å². The van der Waals surface area contributed by atoms with Gasteiger partial charge in [0.1, 0.15) is 0 Å². The van der Waals surface area contributed by atoms with Gasteiger partial charge in [-0.05, 0) is 0 Å². The van der Waals surface area contributed by atoms with Gasteiger partial charge in [0, 0.05) is 24.2 Å². The molecule has 0 fully saturated rings. The average Bonchev–Trinajstić information content (AvgIpc) is 1.41. The topological polar surface area (TPSA) is 0 Å². The highest BCUT2D eigenvalue weighted by molar-refractivity contribution is 6.75. The molecule has 0 rings (SSSR count). The molecule has 0 aliphatic carbocycles. The quantitative estimate of drug-likeness (QED) is 0.444. The van der Waals surface area contributed by atoms with Gasteiger partial charge in [-0.25, -0.2) is 0 Å². The standard InChI is InChI=1S/3C4H12Si.CH4/c3*1-5(2,3)4;/h3*1-4H3;1H4. The lowest BCUT2D eigenvalue weighted by Crippen LogP contribution is -2.10. The van der Waals surface area contributed by atoms with E-state index < -0.39 is 24.2 Å². The van der Waals surface area contributed by atoms with Crippen LogP contribution < -0.4 is 0 Å². The molecule has 0 aromatic rings. The zero-order valence-corrected chi connectivity index (χ0v) is 16.5. The van der Waals surface area contributed by atoms with E-state index in [1.54, 1.807) is 0 Å². The summed E-state index contributed by atoms with van der Waals surface area (Å²) in [6.45, 7) is 27.9. The molecule has 0 unspecified atom stereocenters. The average molecular weight is 281 g/mol. The van der Waals surface area contributed by atoms with E-state index in [0.29, 0.717) is 0 Å². The summed E-state index contributed by atoms with van der Waals surface area (Å²) in [5, 5.41) is 0. The maximum atomic E-state index is 2.33. The highest BCUT2D eigenvalue weighted by atomic mass is 28.3. The summed E-state index contributed by atoms with van der Waals surface area (Å²) in [6, 6.07) is 0. The van der Waals surface area contributed by atoms with Crippen molar-refractivity contribution in [1.29, 1.82) is 0 Å². The normalized spacial score (nSPS) is 11.2. The fourth-order valence-corrected chi connectivity index (χ4v) is 0. The zero-order valence-electron chi connectivity index (χ0n) is 13.5. The van der Waals surface area contributed by atoms with Crippen molar-refractivity contribution in [1.82, 2.24) is 0 Å². The van der Waals surface area contributed by atoms with Crippen molar-refractivity contribution in [2.45, 2.75) is 86.0 Å². The first-order valence-electron chi connectivity index (χ1n) is 6.00. The van der Waals surface area contributed by atoms with Crippen LogP contribution in [-0.2, 0) is 0 Å². The minimum absolute atomic E-state index is 0. The molecule has 104 valence electrons. The van der Waals surface area contributed by atoms with Crippen molar-refractivity contribution in [3.8, 4) is 0 Å². The van der Waals surface area contributed by atoms with Crippen LogP contribution in [-0.4, -0.2) is 24.2 Å². The Morgan fingerprint density at radius 1 is 0.312 bits per heavy atom. The van der Waals surface area contributed by atoms with Crippen LogP contribution in [0.4, 0.5) is 0 Å². The van der Waals surface area contributed by atoms with Gasteiger partial charge in [0.15, 0.2) is 0 Å². The highest BCUT2D eigenvalue weighted by Crippen LogP contribution is 1.95. The van der Waals surface area contributed by atoms with Crippen LogP contribution in [0.1, 0.15) is 7.43 Å². The van der Waals surface area contributed by atoms with Crippen LogP contribution in [0.2, 0.25) is 78.6 Å². The number of hydrogen-bond donors (Lipinski definition) is 0. The Labute approximate surface area is 110 Å². The van der Waals surface area contributed by atoms with Gasteiger partial charge in [-0.15, -0.1) is 0 Å². The molecule has 3 heteroatoms. The van der Waals surface area contributed by atoms with E-state index in [2.05, 4.69) is 78.6 Å². The van der Waals surface area contributed by atoms with E-state index >= 15 is 0 Å². The lowest BCUT2D eigenvalue weighted by atomic mass is 11.8. The molecule has 0 saturated carbocycles. The maximum Gasteiger partial charge on any atom is 0.0411 e. The molecule has 0 aromatic carbocycles. The largest absolute Gasteiger partial charge is 0.0776 e. The Kier molecular flexibility index (Phi) is 15.4. The first kappa shape index (κ1) is 25.5. The molecule has 0 bridgehead atoms. The maximum absolute atomic E-state index is 2.33. The number of rotatable bonds is 0. The molecular weight excluding hydrogens is 240 g/mol. The van der Waals surface area contributed by atoms with Crippen LogP contribution in [0.15, 0.2) is 0 Å². The zero-order chi connectivity index (χ0) is 13.5. The third kappa shape index (κ3) is 6450. The highest BCUT2D eigenvalue weighted by Gasteiger charge is 2.00. The third-order valence-corrected chi connectivity index (χ3v) is 0. The second-order valence-corrected chi connectivity index (χ2v) is 27.0. The van der Waals surface area contributed by atoms with E-state index in [0.717, 1.165) is 0 Å². The summed E-state index contributed by atoms with van der Waals surface area (Å²) in [7, 11) is -1.83. The second-order valence-electron chi connectivity index (χ2n) is 9.00. The van der Waals surface area contributed by atoms with Crippen molar-refractivity contribution in [2.75, 3.05) is 0 Å². The summed E-state index contributed by atoms with van der Waals surface area (Å²) in [5.41, 5.74) is 0. The minimum atomic E-state index is -0.611. The van der Waals surface area contributed by atoms with Crippen LogP contribution in [0.25, 0.3) is 0 Å². The molecular formula is C13H40Si3. The van der Waals surface area contributed by atoms with E-state index in [9.17, 15) is 0 Å².